The van der Waals surface area contributed by atoms with Crippen LogP contribution in [0.15, 0.2) is 23.1 Å². The Morgan fingerprint density at radius 1 is 1.44 bits per heavy atom. The highest BCUT2D eigenvalue weighted by Crippen LogP contribution is 2.32. The predicted octanol–water partition coefficient (Wildman–Crippen LogP) is 1.76. The molecule has 0 saturated carbocycles. The van der Waals surface area contributed by atoms with Crippen LogP contribution in [0.2, 0.25) is 0 Å². The fourth-order valence-corrected chi connectivity index (χ4v) is 3.94. The van der Waals surface area contributed by atoms with E-state index in [1.807, 2.05) is 26.0 Å². The van der Waals surface area contributed by atoms with Crippen molar-refractivity contribution in [2.45, 2.75) is 37.1 Å². The molecular weight excluding hydrogens is 250 g/mol. The number of nitrogens with one attached hydrogen (secondary N) is 1. The largest absolute Gasteiger partial charge is 0.396 e. The number of hydrogen-bond acceptors (Lipinski definition) is 4. The van der Waals surface area contributed by atoms with E-state index in [0.717, 1.165) is 5.56 Å². The molecule has 0 aliphatic carbocycles. The van der Waals surface area contributed by atoms with Crippen LogP contribution in [0.4, 0.5) is 5.69 Å². The van der Waals surface area contributed by atoms with E-state index in [4.69, 9.17) is 5.11 Å². The monoisotopic (exact) mass is 269 g/mol. The maximum atomic E-state index is 12.2. The molecule has 18 heavy (non-hydrogen) atoms. The zero-order valence-corrected chi connectivity index (χ0v) is 11.5. The first-order valence-electron chi connectivity index (χ1n) is 6.18. The molecule has 1 aliphatic heterocycles. The molecule has 2 rings (SSSR count). The molecule has 0 aromatic heterocycles. The third-order valence-electron chi connectivity index (χ3n) is 3.27. The highest BCUT2D eigenvalue weighted by molar-refractivity contribution is 7.91. The lowest BCUT2D eigenvalue weighted by Crippen LogP contribution is -2.35. The standard InChI is InChI=1S/C13H19NO3S/c1-9(2)10-3-4-12-13(7-10)18(16,17)8-11(14-12)5-6-15/h3-4,7,9,11,14-15H,5-6,8H2,1-2H3. The van der Waals surface area contributed by atoms with Gasteiger partial charge in [-0.15, -0.1) is 0 Å². The third-order valence-corrected chi connectivity index (χ3v) is 5.11. The van der Waals surface area contributed by atoms with Crippen molar-refractivity contribution in [3.05, 3.63) is 23.8 Å². The van der Waals surface area contributed by atoms with Gasteiger partial charge in [0.2, 0.25) is 0 Å². The van der Waals surface area contributed by atoms with E-state index in [-0.39, 0.29) is 18.4 Å². The van der Waals surface area contributed by atoms with Crippen LogP contribution in [0.1, 0.15) is 31.7 Å². The second kappa shape index (κ2) is 4.90. The molecule has 1 aliphatic rings. The van der Waals surface area contributed by atoms with Crippen LogP contribution in [0.25, 0.3) is 0 Å². The summed E-state index contributed by atoms with van der Waals surface area (Å²) >= 11 is 0. The number of aliphatic hydroxyl groups is 1. The number of rotatable bonds is 3. The Morgan fingerprint density at radius 2 is 2.17 bits per heavy atom. The first-order valence-corrected chi connectivity index (χ1v) is 7.83. The van der Waals surface area contributed by atoms with Gasteiger partial charge in [-0.2, -0.15) is 0 Å². The zero-order valence-electron chi connectivity index (χ0n) is 10.7. The van der Waals surface area contributed by atoms with E-state index in [0.29, 0.717) is 22.9 Å². The molecule has 0 fully saturated rings. The molecule has 4 nitrogen and oxygen atoms in total. The van der Waals surface area contributed by atoms with Gasteiger partial charge in [-0.3, -0.25) is 0 Å². The van der Waals surface area contributed by atoms with Gasteiger partial charge in [0, 0.05) is 12.6 Å². The maximum Gasteiger partial charge on any atom is 0.182 e. The van der Waals surface area contributed by atoms with Gasteiger partial charge in [0.25, 0.3) is 0 Å². The summed E-state index contributed by atoms with van der Waals surface area (Å²) in [5.74, 6) is 0.364. The lowest BCUT2D eigenvalue weighted by molar-refractivity contribution is 0.282. The van der Waals surface area contributed by atoms with E-state index in [1.165, 1.54) is 0 Å². The van der Waals surface area contributed by atoms with Gasteiger partial charge >= 0.3 is 0 Å². The summed E-state index contributed by atoms with van der Waals surface area (Å²) in [6, 6.07) is 5.34. The fourth-order valence-electron chi connectivity index (χ4n) is 2.20. The van der Waals surface area contributed by atoms with Crippen molar-refractivity contribution in [2.75, 3.05) is 17.7 Å². The Balaban J connectivity index is 2.43. The van der Waals surface area contributed by atoms with Crippen LogP contribution in [0, 0.1) is 0 Å². The summed E-state index contributed by atoms with van der Waals surface area (Å²) in [6.07, 6.45) is 0.449. The minimum absolute atomic E-state index is 0.00734. The molecule has 1 aromatic carbocycles. The normalized spacial score (nSPS) is 21.4. The van der Waals surface area contributed by atoms with E-state index >= 15 is 0 Å². The molecule has 2 N–H and O–H groups in total. The van der Waals surface area contributed by atoms with E-state index in [9.17, 15) is 8.42 Å². The molecule has 5 heteroatoms. The Hall–Kier alpha value is -1.07. The number of benzene rings is 1. The lowest BCUT2D eigenvalue weighted by Gasteiger charge is -2.27. The highest BCUT2D eigenvalue weighted by atomic mass is 32.2. The van der Waals surface area contributed by atoms with Gasteiger partial charge in [0.15, 0.2) is 9.84 Å². The second-order valence-corrected chi connectivity index (χ2v) is 7.05. The molecule has 0 bridgehead atoms. The van der Waals surface area contributed by atoms with Gasteiger partial charge in [-0.1, -0.05) is 19.9 Å². The summed E-state index contributed by atoms with van der Waals surface area (Å²) in [5, 5.41) is 12.1. The molecule has 1 atom stereocenters. The van der Waals surface area contributed by atoms with Crippen molar-refractivity contribution in [1.29, 1.82) is 0 Å². The first kappa shape index (κ1) is 13.4. The van der Waals surface area contributed by atoms with Crippen molar-refractivity contribution in [1.82, 2.24) is 0 Å². The molecule has 100 valence electrons. The molecule has 0 saturated heterocycles. The van der Waals surface area contributed by atoms with Crippen molar-refractivity contribution in [3.63, 3.8) is 0 Å². The van der Waals surface area contributed by atoms with Crippen LogP contribution in [-0.4, -0.2) is 31.9 Å². The van der Waals surface area contributed by atoms with Gasteiger partial charge in [-0.25, -0.2) is 8.42 Å². The van der Waals surface area contributed by atoms with Crippen LogP contribution >= 0.6 is 0 Å². The van der Waals surface area contributed by atoms with E-state index < -0.39 is 9.84 Å². The summed E-state index contributed by atoms with van der Waals surface area (Å²) in [6.45, 7) is 4.07. The van der Waals surface area contributed by atoms with Crippen molar-refractivity contribution < 1.29 is 13.5 Å². The summed E-state index contributed by atoms with van der Waals surface area (Å²) in [5.41, 5.74) is 1.68. The average molecular weight is 269 g/mol. The summed E-state index contributed by atoms with van der Waals surface area (Å²) in [7, 11) is -3.24. The number of aliphatic hydroxyl groups excluding tert-OH is 1. The van der Waals surface area contributed by atoms with Gasteiger partial charge < -0.3 is 10.4 Å². The van der Waals surface area contributed by atoms with Gasteiger partial charge in [0.05, 0.1) is 16.3 Å². The number of sulfone groups is 1. The van der Waals surface area contributed by atoms with Gasteiger partial charge in [0.1, 0.15) is 0 Å². The van der Waals surface area contributed by atoms with Crippen molar-refractivity contribution in [3.8, 4) is 0 Å². The predicted molar refractivity (Wildman–Crippen MR) is 71.7 cm³/mol. The molecule has 0 radical (unpaired) electrons. The fraction of sp³-hybridized carbons (Fsp3) is 0.538. The van der Waals surface area contributed by atoms with Crippen LogP contribution < -0.4 is 5.32 Å². The average Bonchev–Trinajstić information content (AvgIpc) is 2.28. The Morgan fingerprint density at radius 3 is 2.78 bits per heavy atom. The molecule has 0 spiro atoms. The van der Waals surface area contributed by atoms with Crippen molar-refractivity contribution in [2.24, 2.45) is 0 Å². The number of fused-ring (bicyclic) bond motifs is 1. The van der Waals surface area contributed by atoms with E-state index in [2.05, 4.69) is 5.32 Å². The van der Waals surface area contributed by atoms with Crippen LogP contribution in [0.3, 0.4) is 0 Å². The Labute approximate surface area is 108 Å². The second-order valence-electron chi connectivity index (χ2n) is 5.05. The van der Waals surface area contributed by atoms with Gasteiger partial charge in [-0.05, 0) is 30.0 Å². The maximum absolute atomic E-state index is 12.2. The highest BCUT2D eigenvalue weighted by Gasteiger charge is 2.29. The van der Waals surface area contributed by atoms with E-state index in [1.54, 1.807) is 6.07 Å². The molecule has 1 heterocycles. The smallest absolute Gasteiger partial charge is 0.182 e. The van der Waals surface area contributed by atoms with Crippen LogP contribution in [0.5, 0.6) is 0 Å². The number of hydrogen-bond donors (Lipinski definition) is 2. The molecule has 0 amide bonds. The summed E-state index contributed by atoms with van der Waals surface area (Å²) < 4.78 is 24.4. The number of anilines is 1. The Bertz CT molecular complexity index is 537. The topological polar surface area (TPSA) is 66.4 Å². The zero-order chi connectivity index (χ0) is 13.3. The first-order chi connectivity index (χ1) is 8.44. The molecule has 1 unspecified atom stereocenters. The van der Waals surface area contributed by atoms with Crippen LogP contribution in [-0.2, 0) is 9.84 Å². The Kier molecular flexibility index (Phi) is 3.64. The lowest BCUT2D eigenvalue weighted by atomic mass is 10.0. The molecular formula is C13H19NO3S. The quantitative estimate of drug-likeness (QED) is 0.877. The SMILES string of the molecule is CC(C)c1ccc2c(c1)S(=O)(=O)CC(CCO)N2. The van der Waals surface area contributed by atoms with Crippen molar-refractivity contribution >= 4 is 15.5 Å². The summed E-state index contributed by atoms with van der Waals surface area (Å²) in [4.78, 5) is 0.392. The minimum atomic E-state index is -3.24. The third kappa shape index (κ3) is 2.52. The minimum Gasteiger partial charge on any atom is -0.396 e. The molecule has 1 aromatic rings.